The number of aliphatic imine (C=N–C) groups is 1. The Hall–Kier alpha value is -3.51. The Morgan fingerprint density at radius 3 is 2.31 bits per heavy atom. The maximum Gasteiger partial charge on any atom is 0.253 e. The first-order chi connectivity index (χ1) is 17.2. The molecule has 4 rings (SSSR count). The van der Waals surface area contributed by atoms with Gasteiger partial charge in [-0.25, -0.2) is 8.42 Å². The van der Waals surface area contributed by atoms with E-state index in [0.29, 0.717) is 22.7 Å². The van der Waals surface area contributed by atoms with Crippen molar-refractivity contribution >= 4 is 56.4 Å². The first-order valence-corrected chi connectivity index (χ1v) is 12.8. The van der Waals surface area contributed by atoms with Crippen molar-refractivity contribution in [2.75, 3.05) is 38.4 Å². The summed E-state index contributed by atoms with van der Waals surface area (Å²) in [6.07, 6.45) is 0.301. The number of carbonyl (C=O) groups excluding carboxylic acids is 2. The second-order valence-corrected chi connectivity index (χ2v) is 10.3. The van der Waals surface area contributed by atoms with E-state index in [1.165, 1.54) is 11.4 Å². The molecule has 1 heterocycles. The number of fused-ring (bicyclic) bond motifs is 1. The molecule has 1 fully saturated rings. The van der Waals surface area contributed by atoms with Crippen molar-refractivity contribution in [2.45, 2.75) is 4.90 Å². The molecule has 188 valence electrons. The number of hydroxylamine groups is 1. The summed E-state index contributed by atoms with van der Waals surface area (Å²) in [6, 6.07) is 16.6. The van der Waals surface area contributed by atoms with E-state index in [1.807, 2.05) is 0 Å². The number of piperazine rings is 1. The van der Waals surface area contributed by atoms with Crippen LogP contribution in [0.4, 0.5) is 5.69 Å². The maximum atomic E-state index is 13.2. The van der Waals surface area contributed by atoms with Crippen molar-refractivity contribution in [3.63, 3.8) is 0 Å². The smallest absolute Gasteiger partial charge is 0.253 e. The number of benzene rings is 3. The lowest BCUT2D eigenvalue weighted by Crippen LogP contribution is -2.50. The van der Waals surface area contributed by atoms with Gasteiger partial charge in [0.25, 0.3) is 5.91 Å². The van der Waals surface area contributed by atoms with Gasteiger partial charge in [0.2, 0.25) is 22.4 Å². The number of halogens is 1. The molecule has 2 N–H and O–H groups in total. The Bertz CT molecular complexity index is 1420. The summed E-state index contributed by atoms with van der Waals surface area (Å²) < 4.78 is 27.8. The van der Waals surface area contributed by atoms with Crippen molar-refractivity contribution in [2.24, 2.45) is 10.7 Å². The van der Waals surface area contributed by atoms with Gasteiger partial charge in [-0.1, -0.05) is 23.7 Å². The van der Waals surface area contributed by atoms with Crippen LogP contribution in [0.1, 0.15) is 10.4 Å². The lowest BCUT2D eigenvalue weighted by Gasteiger charge is -2.34. The summed E-state index contributed by atoms with van der Waals surface area (Å²) in [5, 5.41) is 3.37. The molecule has 0 saturated carbocycles. The molecule has 0 unspecified atom stereocenters. The third kappa shape index (κ3) is 5.19. The fourth-order valence-corrected chi connectivity index (χ4v) is 5.63. The zero-order chi connectivity index (χ0) is 25.9. The van der Waals surface area contributed by atoms with Gasteiger partial charge in [0, 0.05) is 36.8 Å². The summed E-state index contributed by atoms with van der Waals surface area (Å²) in [5.74, 6) is -0.376. The summed E-state index contributed by atoms with van der Waals surface area (Å²) in [5.41, 5.74) is 6.59. The predicted octanol–water partition coefficient (Wildman–Crippen LogP) is 2.48. The highest BCUT2D eigenvalue weighted by atomic mass is 35.5. The van der Waals surface area contributed by atoms with Crippen LogP contribution >= 0.6 is 11.6 Å². The molecule has 12 heteroatoms. The number of nitrogens with two attached hydrogens (primary N) is 1. The van der Waals surface area contributed by atoms with Crippen molar-refractivity contribution < 1.29 is 22.8 Å². The SMILES string of the molecule is CON(C(N)=NC=O)c1ccc(C(=O)N2CCN(S(=O)(=O)c3ccc4cc(Cl)ccc4c3)CC2)cc1. The average Bonchev–Trinajstić information content (AvgIpc) is 2.89. The lowest BCUT2D eigenvalue weighted by molar-refractivity contribution is -0.106. The highest BCUT2D eigenvalue weighted by molar-refractivity contribution is 7.89. The molecule has 0 atom stereocenters. The monoisotopic (exact) mass is 529 g/mol. The van der Waals surface area contributed by atoms with E-state index in [9.17, 15) is 18.0 Å². The van der Waals surface area contributed by atoms with Gasteiger partial charge in [0.1, 0.15) is 0 Å². The molecule has 10 nitrogen and oxygen atoms in total. The first kappa shape index (κ1) is 25.6. The van der Waals surface area contributed by atoms with Crippen molar-refractivity contribution in [1.29, 1.82) is 0 Å². The average molecular weight is 530 g/mol. The number of nitrogens with zero attached hydrogens (tertiary/aromatic N) is 4. The molecule has 1 saturated heterocycles. The van der Waals surface area contributed by atoms with Crippen LogP contribution in [-0.4, -0.2) is 69.2 Å². The number of carbonyl (C=O) groups is 2. The third-order valence-corrected chi connectivity index (χ3v) is 7.99. The number of rotatable bonds is 6. The molecule has 36 heavy (non-hydrogen) atoms. The Morgan fingerprint density at radius 1 is 1.03 bits per heavy atom. The Balaban J connectivity index is 1.43. The van der Waals surface area contributed by atoms with E-state index >= 15 is 0 Å². The quantitative estimate of drug-likeness (QED) is 0.225. The van der Waals surface area contributed by atoms with Crippen LogP contribution in [0.15, 0.2) is 70.6 Å². The fraction of sp³-hybridized carbons (Fsp3) is 0.208. The standard InChI is InChI=1S/C24H24ClN5O5S/c1-35-30(24(26)27-16-31)21-7-3-17(4-8-21)23(32)28-10-12-29(13-11-28)36(33,34)22-9-5-18-14-20(25)6-2-19(18)15-22/h2-9,14-16H,10-13H2,1H3,(H2,26,27,31). The second kappa shape index (κ2) is 10.6. The third-order valence-electron chi connectivity index (χ3n) is 5.86. The Kier molecular flexibility index (Phi) is 7.55. The van der Waals surface area contributed by atoms with Crippen molar-refractivity contribution in [1.82, 2.24) is 9.21 Å². The molecule has 0 bridgehead atoms. The minimum atomic E-state index is -3.71. The summed E-state index contributed by atoms with van der Waals surface area (Å²) in [7, 11) is -2.34. The first-order valence-electron chi connectivity index (χ1n) is 10.9. The van der Waals surface area contributed by atoms with Crippen LogP contribution in [0.25, 0.3) is 10.8 Å². The lowest BCUT2D eigenvalue weighted by atomic mass is 10.1. The van der Waals surface area contributed by atoms with E-state index in [-0.39, 0.29) is 42.9 Å². The van der Waals surface area contributed by atoms with E-state index < -0.39 is 10.0 Å². The topological polar surface area (TPSA) is 126 Å². The molecule has 3 aromatic rings. The molecule has 0 aliphatic carbocycles. The van der Waals surface area contributed by atoms with Crippen molar-refractivity contribution in [3.05, 3.63) is 71.2 Å². The minimum absolute atomic E-state index is 0.154. The number of amides is 2. The fourth-order valence-electron chi connectivity index (χ4n) is 4.00. The van der Waals surface area contributed by atoms with E-state index in [0.717, 1.165) is 15.8 Å². The highest BCUT2D eigenvalue weighted by Crippen LogP contribution is 2.25. The highest BCUT2D eigenvalue weighted by Gasteiger charge is 2.30. The Labute approximate surface area is 213 Å². The number of sulfonamides is 1. The molecular weight excluding hydrogens is 506 g/mol. The molecular formula is C24H24ClN5O5S. The number of anilines is 1. The van der Waals surface area contributed by atoms with Crippen LogP contribution in [0.2, 0.25) is 5.02 Å². The van der Waals surface area contributed by atoms with Gasteiger partial charge in [-0.2, -0.15) is 14.4 Å². The number of hydrogen-bond donors (Lipinski definition) is 1. The zero-order valence-corrected chi connectivity index (χ0v) is 20.9. The molecule has 1 aliphatic heterocycles. The molecule has 0 radical (unpaired) electrons. The van der Waals surface area contributed by atoms with Crippen LogP contribution < -0.4 is 10.8 Å². The van der Waals surface area contributed by atoms with Crippen LogP contribution in [0, 0.1) is 0 Å². The van der Waals surface area contributed by atoms with Crippen LogP contribution in [0.5, 0.6) is 0 Å². The van der Waals surface area contributed by atoms with Gasteiger partial charge in [-0.3, -0.25) is 14.4 Å². The van der Waals surface area contributed by atoms with Gasteiger partial charge in [0.05, 0.1) is 17.7 Å². The van der Waals surface area contributed by atoms with E-state index in [4.69, 9.17) is 22.2 Å². The minimum Gasteiger partial charge on any atom is -0.367 e. The number of guanidine groups is 1. The van der Waals surface area contributed by atoms with Crippen molar-refractivity contribution in [3.8, 4) is 0 Å². The zero-order valence-electron chi connectivity index (χ0n) is 19.4. The molecule has 3 aromatic carbocycles. The number of hydrogen-bond acceptors (Lipinski definition) is 5. The second-order valence-electron chi connectivity index (χ2n) is 7.97. The Morgan fingerprint density at radius 2 is 1.67 bits per heavy atom. The van der Waals surface area contributed by atoms with Gasteiger partial charge < -0.3 is 10.6 Å². The van der Waals surface area contributed by atoms with Crippen LogP contribution in [0.3, 0.4) is 0 Å². The summed E-state index contributed by atoms with van der Waals surface area (Å²) >= 11 is 6.02. The van der Waals surface area contributed by atoms with Crippen LogP contribution in [-0.2, 0) is 19.7 Å². The van der Waals surface area contributed by atoms with Gasteiger partial charge in [0.15, 0.2) is 0 Å². The predicted molar refractivity (Wildman–Crippen MR) is 137 cm³/mol. The molecule has 0 aromatic heterocycles. The molecule has 2 amide bonds. The van der Waals surface area contributed by atoms with E-state index in [2.05, 4.69) is 4.99 Å². The molecule has 0 spiro atoms. The van der Waals surface area contributed by atoms with Gasteiger partial charge in [-0.05, 0) is 59.3 Å². The summed E-state index contributed by atoms with van der Waals surface area (Å²) in [4.78, 5) is 34.0. The summed E-state index contributed by atoms with van der Waals surface area (Å²) in [6.45, 7) is 0.875. The normalized spacial score (nSPS) is 15.2. The van der Waals surface area contributed by atoms with E-state index in [1.54, 1.807) is 65.6 Å². The maximum absolute atomic E-state index is 13.2. The van der Waals surface area contributed by atoms with Gasteiger partial charge in [-0.15, -0.1) is 0 Å². The van der Waals surface area contributed by atoms with Gasteiger partial charge >= 0.3 is 0 Å². The largest absolute Gasteiger partial charge is 0.367 e. The molecule has 1 aliphatic rings.